The lowest BCUT2D eigenvalue weighted by atomic mass is 10.1. The molecule has 1 aliphatic rings. The Balaban J connectivity index is 1.87. The van der Waals surface area contributed by atoms with Crippen LogP contribution in [0.5, 0.6) is 0 Å². The minimum Gasteiger partial charge on any atom is -0.383 e. The average molecular weight is 333 g/mol. The van der Waals surface area contributed by atoms with Crippen LogP contribution in [0.15, 0.2) is 0 Å². The Kier molecular flexibility index (Phi) is 3.83. The van der Waals surface area contributed by atoms with Crippen LogP contribution in [0.4, 0.5) is 5.82 Å². The number of anilines is 1. The molecule has 0 aromatic carbocycles. The topological polar surface area (TPSA) is 80.5 Å². The second kappa shape index (κ2) is 5.99. The molecule has 1 aliphatic heterocycles. The molecule has 0 spiro atoms. The maximum absolute atomic E-state index is 5.13. The molecule has 0 atom stereocenters. The van der Waals surface area contributed by atoms with E-state index >= 15 is 0 Å². The third-order valence-electron chi connectivity index (χ3n) is 4.26. The molecule has 0 amide bonds. The van der Waals surface area contributed by atoms with Crippen molar-refractivity contribution in [2.24, 2.45) is 0 Å². The van der Waals surface area contributed by atoms with Crippen LogP contribution in [0.1, 0.15) is 17.4 Å². The van der Waals surface area contributed by atoms with Crippen LogP contribution in [0.3, 0.4) is 0 Å². The monoisotopic (exact) mass is 333 g/mol. The molecule has 0 bridgehead atoms. The van der Waals surface area contributed by atoms with Crippen molar-refractivity contribution in [2.45, 2.75) is 19.9 Å². The van der Waals surface area contributed by atoms with E-state index in [0.717, 1.165) is 42.1 Å². The van der Waals surface area contributed by atoms with Gasteiger partial charge in [0.05, 0.1) is 12.0 Å². The molecule has 3 aromatic heterocycles. The molecular weight excluding hydrogens is 314 g/mol. The number of thiophene rings is 1. The summed E-state index contributed by atoms with van der Waals surface area (Å²) in [7, 11) is 1.70. The van der Waals surface area contributed by atoms with Gasteiger partial charge in [0.25, 0.3) is 5.78 Å². The van der Waals surface area contributed by atoms with Gasteiger partial charge in [-0.2, -0.15) is 9.50 Å². The van der Waals surface area contributed by atoms with Gasteiger partial charge in [-0.3, -0.25) is 4.90 Å². The summed E-state index contributed by atoms with van der Waals surface area (Å²) in [6.07, 6.45) is 1.04. The van der Waals surface area contributed by atoms with Crippen molar-refractivity contribution in [1.82, 2.24) is 29.9 Å². The van der Waals surface area contributed by atoms with Gasteiger partial charge < -0.3 is 10.1 Å². The molecule has 0 fully saturated rings. The predicted molar refractivity (Wildman–Crippen MR) is 89.0 cm³/mol. The molecule has 0 radical (unpaired) electrons. The van der Waals surface area contributed by atoms with Crippen LogP contribution in [-0.2, 0) is 17.7 Å². The number of ether oxygens (including phenoxy) is 1. The van der Waals surface area contributed by atoms with Crippen molar-refractivity contribution in [1.29, 1.82) is 0 Å². The molecule has 1 N–H and O–H groups in total. The van der Waals surface area contributed by atoms with Crippen LogP contribution in [0.25, 0.3) is 16.0 Å². The summed E-state index contributed by atoms with van der Waals surface area (Å²) in [5.74, 6) is 1.39. The summed E-state index contributed by atoms with van der Waals surface area (Å²) >= 11 is 1.77. The number of methoxy groups -OCH3 is 1. The number of hydrogen-bond donors (Lipinski definition) is 1. The quantitative estimate of drug-likeness (QED) is 0.702. The van der Waals surface area contributed by atoms with Gasteiger partial charge in [0.2, 0.25) is 0 Å². The van der Waals surface area contributed by atoms with Crippen molar-refractivity contribution >= 4 is 33.1 Å². The maximum Gasteiger partial charge on any atom is 0.276 e. The Morgan fingerprint density at radius 2 is 2.30 bits per heavy atom. The minimum absolute atomic E-state index is 0.531. The SMILES string of the molecule is CCN1CCc2c(sc3c2c(NCCOC)nc2nnnn23)C1. The van der Waals surface area contributed by atoms with Crippen molar-refractivity contribution in [3.8, 4) is 0 Å². The first kappa shape index (κ1) is 14.7. The third-order valence-corrected chi connectivity index (χ3v) is 5.45. The van der Waals surface area contributed by atoms with E-state index in [2.05, 4.69) is 37.6 Å². The van der Waals surface area contributed by atoms with Gasteiger partial charge in [-0.05, 0) is 29.0 Å². The Morgan fingerprint density at radius 3 is 3.13 bits per heavy atom. The summed E-state index contributed by atoms with van der Waals surface area (Å²) in [5.41, 5.74) is 1.39. The standard InChI is InChI=1S/C14H19N7OS/c1-3-20-6-4-9-10(8-20)23-13-11(9)12(15-5-7-22-2)16-14-17-18-19-21(13)14/h3-8H2,1-2H3,(H,15,16,17,19). The molecule has 23 heavy (non-hydrogen) atoms. The number of fused-ring (bicyclic) bond motifs is 5. The fourth-order valence-electron chi connectivity index (χ4n) is 3.04. The Labute approximate surface area is 137 Å². The number of aromatic nitrogens is 5. The Morgan fingerprint density at radius 1 is 1.39 bits per heavy atom. The zero-order chi connectivity index (χ0) is 15.8. The molecule has 4 rings (SSSR count). The number of hydrogen-bond acceptors (Lipinski definition) is 8. The Bertz CT molecular complexity index is 842. The lowest BCUT2D eigenvalue weighted by Gasteiger charge is -2.25. The molecule has 0 unspecified atom stereocenters. The van der Waals surface area contributed by atoms with Gasteiger partial charge in [-0.1, -0.05) is 12.0 Å². The van der Waals surface area contributed by atoms with E-state index < -0.39 is 0 Å². The van der Waals surface area contributed by atoms with Gasteiger partial charge in [-0.15, -0.1) is 11.3 Å². The number of likely N-dealkylation sites (N-methyl/N-ethyl adjacent to an activating group) is 1. The second-order valence-corrected chi connectivity index (χ2v) is 6.66. The van der Waals surface area contributed by atoms with Crippen LogP contribution in [0, 0.1) is 0 Å². The van der Waals surface area contributed by atoms with E-state index in [9.17, 15) is 0 Å². The minimum atomic E-state index is 0.531. The molecule has 8 nitrogen and oxygen atoms in total. The molecule has 0 aliphatic carbocycles. The van der Waals surface area contributed by atoms with Crippen LogP contribution < -0.4 is 5.32 Å². The molecule has 0 saturated carbocycles. The van der Waals surface area contributed by atoms with Gasteiger partial charge in [0, 0.05) is 31.6 Å². The fraction of sp³-hybridized carbons (Fsp3) is 0.571. The van der Waals surface area contributed by atoms with Crippen molar-refractivity contribution in [3.05, 3.63) is 10.4 Å². The summed E-state index contributed by atoms with van der Waals surface area (Å²) in [5, 5.41) is 16.4. The number of nitrogens with zero attached hydrogens (tertiary/aromatic N) is 6. The predicted octanol–water partition coefficient (Wildman–Crippen LogP) is 1.17. The summed E-state index contributed by atoms with van der Waals surface area (Å²) < 4.78 is 6.88. The molecule has 9 heteroatoms. The lowest BCUT2D eigenvalue weighted by Crippen LogP contribution is -2.29. The highest BCUT2D eigenvalue weighted by Crippen LogP contribution is 2.38. The second-order valence-electron chi connectivity index (χ2n) is 5.57. The summed E-state index contributed by atoms with van der Waals surface area (Å²) in [6, 6.07) is 0. The fourth-order valence-corrected chi connectivity index (χ4v) is 4.38. The van der Waals surface area contributed by atoms with Gasteiger partial charge in [0.15, 0.2) is 0 Å². The Hall–Kier alpha value is -1.84. The zero-order valence-electron chi connectivity index (χ0n) is 13.2. The number of nitrogens with one attached hydrogen (secondary N) is 1. The van der Waals surface area contributed by atoms with E-state index in [4.69, 9.17) is 4.74 Å². The maximum atomic E-state index is 5.13. The van der Waals surface area contributed by atoms with Crippen molar-refractivity contribution in [2.75, 3.05) is 38.7 Å². The van der Waals surface area contributed by atoms with Crippen LogP contribution in [0.2, 0.25) is 0 Å². The molecule has 122 valence electrons. The van der Waals surface area contributed by atoms with Gasteiger partial charge in [-0.25, -0.2) is 0 Å². The highest BCUT2D eigenvalue weighted by atomic mass is 32.1. The van der Waals surface area contributed by atoms with E-state index in [0.29, 0.717) is 18.9 Å². The average Bonchev–Trinajstić information content (AvgIpc) is 3.18. The van der Waals surface area contributed by atoms with E-state index in [1.807, 2.05) is 0 Å². The summed E-state index contributed by atoms with van der Waals surface area (Å²) in [4.78, 5) is 9.53. The normalized spacial score (nSPS) is 15.4. The highest BCUT2D eigenvalue weighted by molar-refractivity contribution is 7.19. The first-order valence-electron chi connectivity index (χ1n) is 7.79. The summed E-state index contributed by atoms with van der Waals surface area (Å²) in [6.45, 7) is 6.70. The number of tetrazole rings is 1. The zero-order valence-corrected chi connectivity index (χ0v) is 14.1. The van der Waals surface area contributed by atoms with E-state index in [1.54, 1.807) is 23.0 Å². The van der Waals surface area contributed by atoms with E-state index in [-0.39, 0.29) is 0 Å². The van der Waals surface area contributed by atoms with E-state index in [1.165, 1.54) is 10.4 Å². The lowest BCUT2D eigenvalue weighted by molar-refractivity contribution is 0.210. The highest BCUT2D eigenvalue weighted by Gasteiger charge is 2.24. The van der Waals surface area contributed by atoms with Crippen LogP contribution >= 0.6 is 11.3 Å². The first-order chi connectivity index (χ1) is 11.3. The van der Waals surface area contributed by atoms with Gasteiger partial charge >= 0.3 is 0 Å². The van der Waals surface area contributed by atoms with Crippen molar-refractivity contribution < 1.29 is 4.74 Å². The molecule has 0 saturated heterocycles. The number of rotatable bonds is 5. The van der Waals surface area contributed by atoms with Crippen LogP contribution in [-0.4, -0.2) is 63.3 Å². The first-order valence-corrected chi connectivity index (χ1v) is 8.61. The molecular formula is C14H19N7OS. The smallest absolute Gasteiger partial charge is 0.276 e. The largest absolute Gasteiger partial charge is 0.383 e. The van der Waals surface area contributed by atoms with Gasteiger partial charge in [0.1, 0.15) is 10.6 Å². The third kappa shape index (κ3) is 2.44. The molecule has 3 aromatic rings. The molecule has 4 heterocycles. The van der Waals surface area contributed by atoms with Crippen molar-refractivity contribution in [3.63, 3.8) is 0 Å².